The molecule has 3 heterocycles. The van der Waals surface area contributed by atoms with Crippen molar-refractivity contribution in [2.24, 2.45) is 0 Å². The average molecular weight is 380 g/mol. The molecular weight excluding hydrogens is 360 g/mol. The number of hydrogen-bond acceptors (Lipinski definition) is 7. The molecule has 1 aromatic carbocycles. The SMILES string of the molecule is Cc1ccc2c(=O)cc(C(=O)NCc3cc(N4CCOCC4)ncn3)oc2c1. The molecule has 0 radical (unpaired) electrons. The first-order valence-electron chi connectivity index (χ1n) is 9.06. The normalized spacial score (nSPS) is 14.2. The molecule has 1 N–H and O–H groups in total. The van der Waals surface area contributed by atoms with E-state index in [0.29, 0.717) is 29.9 Å². The molecular formula is C20H20N4O4. The highest BCUT2D eigenvalue weighted by atomic mass is 16.5. The number of anilines is 1. The van der Waals surface area contributed by atoms with Gasteiger partial charge in [0.15, 0.2) is 11.2 Å². The lowest BCUT2D eigenvalue weighted by Crippen LogP contribution is -2.37. The monoisotopic (exact) mass is 380 g/mol. The third kappa shape index (κ3) is 3.86. The second-order valence-electron chi connectivity index (χ2n) is 6.62. The van der Waals surface area contributed by atoms with Crippen LogP contribution in [0.4, 0.5) is 5.82 Å². The molecule has 8 nitrogen and oxygen atoms in total. The first kappa shape index (κ1) is 18.1. The molecule has 0 bridgehead atoms. The predicted molar refractivity (Wildman–Crippen MR) is 103 cm³/mol. The second-order valence-corrected chi connectivity index (χ2v) is 6.62. The van der Waals surface area contributed by atoms with Crippen LogP contribution in [-0.4, -0.2) is 42.2 Å². The summed E-state index contributed by atoms with van der Waals surface area (Å²) in [6, 6.07) is 8.33. The van der Waals surface area contributed by atoms with Crippen molar-refractivity contribution >= 4 is 22.7 Å². The molecule has 0 aliphatic carbocycles. The summed E-state index contributed by atoms with van der Waals surface area (Å²) >= 11 is 0. The van der Waals surface area contributed by atoms with Gasteiger partial charge in [-0.05, 0) is 24.6 Å². The Morgan fingerprint density at radius 2 is 2.00 bits per heavy atom. The topological polar surface area (TPSA) is 97.6 Å². The van der Waals surface area contributed by atoms with E-state index in [-0.39, 0.29) is 17.7 Å². The van der Waals surface area contributed by atoms with Gasteiger partial charge in [0.1, 0.15) is 17.7 Å². The lowest BCUT2D eigenvalue weighted by Gasteiger charge is -2.27. The molecule has 8 heteroatoms. The fraction of sp³-hybridized carbons (Fsp3) is 0.300. The van der Waals surface area contributed by atoms with Crippen molar-refractivity contribution in [1.29, 1.82) is 0 Å². The Morgan fingerprint density at radius 1 is 1.18 bits per heavy atom. The van der Waals surface area contributed by atoms with E-state index in [0.717, 1.165) is 24.5 Å². The Morgan fingerprint density at radius 3 is 2.82 bits per heavy atom. The molecule has 1 amide bonds. The van der Waals surface area contributed by atoms with Crippen LogP contribution in [0.3, 0.4) is 0 Å². The van der Waals surface area contributed by atoms with Crippen molar-refractivity contribution in [1.82, 2.24) is 15.3 Å². The summed E-state index contributed by atoms with van der Waals surface area (Å²) in [6.07, 6.45) is 1.48. The maximum Gasteiger partial charge on any atom is 0.287 e. The molecule has 0 atom stereocenters. The van der Waals surface area contributed by atoms with Gasteiger partial charge in [-0.25, -0.2) is 9.97 Å². The third-order valence-corrected chi connectivity index (χ3v) is 4.58. The Labute approximate surface area is 161 Å². The van der Waals surface area contributed by atoms with Crippen molar-refractivity contribution in [3.8, 4) is 0 Å². The Kier molecular flexibility index (Phi) is 5.03. The van der Waals surface area contributed by atoms with E-state index in [1.165, 1.54) is 12.4 Å². The zero-order valence-electron chi connectivity index (χ0n) is 15.5. The highest BCUT2D eigenvalue weighted by molar-refractivity contribution is 5.93. The molecule has 1 saturated heterocycles. The lowest BCUT2D eigenvalue weighted by molar-refractivity contribution is 0.0923. The van der Waals surface area contributed by atoms with E-state index >= 15 is 0 Å². The van der Waals surface area contributed by atoms with Gasteiger partial charge in [0, 0.05) is 25.2 Å². The van der Waals surface area contributed by atoms with Crippen LogP contribution in [-0.2, 0) is 11.3 Å². The van der Waals surface area contributed by atoms with Crippen molar-refractivity contribution < 1.29 is 13.9 Å². The largest absolute Gasteiger partial charge is 0.451 e. The number of carbonyl (C=O) groups excluding carboxylic acids is 1. The summed E-state index contributed by atoms with van der Waals surface area (Å²) in [6.45, 7) is 4.96. The molecule has 0 saturated carbocycles. The van der Waals surface area contributed by atoms with Gasteiger partial charge in [0.05, 0.1) is 30.8 Å². The van der Waals surface area contributed by atoms with Crippen LogP contribution in [0, 0.1) is 6.92 Å². The maximum absolute atomic E-state index is 12.5. The van der Waals surface area contributed by atoms with Crippen LogP contribution in [0.2, 0.25) is 0 Å². The number of rotatable bonds is 4. The van der Waals surface area contributed by atoms with Crippen LogP contribution in [0.25, 0.3) is 11.0 Å². The average Bonchev–Trinajstić information content (AvgIpc) is 2.72. The number of fused-ring (bicyclic) bond motifs is 1. The van der Waals surface area contributed by atoms with Gasteiger partial charge in [-0.1, -0.05) is 6.07 Å². The smallest absolute Gasteiger partial charge is 0.287 e. The fourth-order valence-electron chi connectivity index (χ4n) is 3.08. The first-order valence-corrected chi connectivity index (χ1v) is 9.06. The maximum atomic E-state index is 12.5. The zero-order valence-corrected chi connectivity index (χ0v) is 15.5. The number of aromatic nitrogens is 2. The van der Waals surface area contributed by atoms with Crippen molar-refractivity contribution in [3.05, 3.63) is 63.9 Å². The number of hydrogen-bond donors (Lipinski definition) is 1. The van der Waals surface area contributed by atoms with Gasteiger partial charge >= 0.3 is 0 Å². The summed E-state index contributed by atoms with van der Waals surface area (Å²) in [5.74, 6) is 0.313. The van der Waals surface area contributed by atoms with Gasteiger partial charge in [-0.15, -0.1) is 0 Å². The minimum Gasteiger partial charge on any atom is -0.451 e. The van der Waals surface area contributed by atoms with Crippen LogP contribution in [0.15, 0.2) is 45.9 Å². The Hall–Kier alpha value is -3.26. The molecule has 28 heavy (non-hydrogen) atoms. The third-order valence-electron chi connectivity index (χ3n) is 4.58. The number of nitrogens with one attached hydrogen (secondary N) is 1. The van der Waals surface area contributed by atoms with E-state index in [9.17, 15) is 9.59 Å². The summed E-state index contributed by atoms with van der Waals surface area (Å²) in [5, 5.41) is 3.20. The number of nitrogens with zero attached hydrogens (tertiary/aromatic N) is 3. The van der Waals surface area contributed by atoms with E-state index in [1.807, 2.05) is 19.1 Å². The molecule has 144 valence electrons. The second kappa shape index (κ2) is 7.77. The standard InChI is InChI=1S/C20H20N4O4/c1-13-2-3-15-16(25)10-18(28-17(15)8-13)20(26)21-11-14-9-19(23-12-22-14)24-4-6-27-7-5-24/h2-3,8-10,12H,4-7,11H2,1H3,(H,21,26). The molecule has 2 aromatic heterocycles. The van der Waals surface area contributed by atoms with Gasteiger partial charge in [0.2, 0.25) is 0 Å². The summed E-state index contributed by atoms with van der Waals surface area (Å²) in [5.41, 5.74) is 1.77. The fourth-order valence-corrected chi connectivity index (χ4v) is 3.08. The number of carbonyl (C=O) groups is 1. The van der Waals surface area contributed by atoms with Crippen LogP contribution < -0.4 is 15.6 Å². The van der Waals surface area contributed by atoms with E-state index < -0.39 is 5.91 Å². The van der Waals surface area contributed by atoms with Crippen molar-refractivity contribution in [2.75, 3.05) is 31.2 Å². The van der Waals surface area contributed by atoms with Gasteiger partial charge in [0.25, 0.3) is 5.91 Å². The molecule has 0 spiro atoms. The van der Waals surface area contributed by atoms with E-state index in [4.69, 9.17) is 9.15 Å². The highest BCUT2D eigenvalue weighted by Crippen LogP contribution is 2.15. The number of morpholine rings is 1. The van der Waals surface area contributed by atoms with Crippen molar-refractivity contribution in [3.63, 3.8) is 0 Å². The molecule has 3 aromatic rings. The minimum absolute atomic E-state index is 0.0226. The predicted octanol–water partition coefficient (Wildman–Crippen LogP) is 1.66. The summed E-state index contributed by atoms with van der Waals surface area (Å²) < 4.78 is 11.0. The number of benzene rings is 1. The molecule has 1 fully saturated rings. The van der Waals surface area contributed by atoms with Crippen LogP contribution in [0.5, 0.6) is 0 Å². The first-order chi connectivity index (χ1) is 13.6. The minimum atomic E-state index is -0.466. The summed E-state index contributed by atoms with van der Waals surface area (Å²) in [7, 11) is 0. The number of amides is 1. The highest BCUT2D eigenvalue weighted by Gasteiger charge is 2.15. The quantitative estimate of drug-likeness (QED) is 0.735. The number of aryl methyl sites for hydroxylation is 1. The lowest BCUT2D eigenvalue weighted by atomic mass is 10.1. The summed E-state index contributed by atoms with van der Waals surface area (Å²) in [4.78, 5) is 35.3. The molecule has 1 aliphatic heterocycles. The molecule has 1 aliphatic rings. The Bertz CT molecular complexity index is 1070. The number of ether oxygens (including phenoxy) is 1. The van der Waals surface area contributed by atoms with E-state index in [1.54, 1.807) is 12.1 Å². The van der Waals surface area contributed by atoms with Gasteiger partial charge in [-0.3, -0.25) is 9.59 Å². The van der Waals surface area contributed by atoms with Crippen LogP contribution in [0.1, 0.15) is 21.8 Å². The van der Waals surface area contributed by atoms with Crippen molar-refractivity contribution in [2.45, 2.75) is 13.5 Å². The van der Waals surface area contributed by atoms with E-state index in [2.05, 4.69) is 20.2 Å². The molecule has 4 rings (SSSR count). The van der Waals surface area contributed by atoms with Gasteiger partial charge in [-0.2, -0.15) is 0 Å². The molecule has 0 unspecified atom stereocenters. The zero-order chi connectivity index (χ0) is 19.5. The van der Waals surface area contributed by atoms with Crippen LogP contribution >= 0.6 is 0 Å². The van der Waals surface area contributed by atoms with Gasteiger partial charge < -0.3 is 19.4 Å². The Balaban J connectivity index is 1.48.